The van der Waals surface area contributed by atoms with Crippen molar-refractivity contribution < 1.29 is 9.90 Å². The summed E-state index contributed by atoms with van der Waals surface area (Å²) in [6.45, 7) is 2.52. The van der Waals surface area contributed by atoms with Gasteiger partial charge < -0.3 is 5.11 Å². The molecular weight excluding hydrogens is 224 g/mol. The molecule has 1 fully saturated rings. The Balaban J connectivity index is 2.41. The summed E-state index contributed by atoms with van der Waals surface area (Å²) in [5.74, 6) is -1.32. The van der Waals surface area contributed by atoms with Crippen LogP contribution in [0.25, 0.3) is 0 Å². The van der Waals surface area contributed by atoms with E-state index in [4.69, 9.17) is 5.11 Å². The maximum Gasteiger partial charge on any atom is 0.342 e. The Hall–Kier alpha value is -1.85. The summed E-state index contributed by atoms with van der Waals surface area (Å²) in [5, 5.41) is 8.82. The third kappa shape index (κ3) is 2.15. The van der Waals surface area contributed by atoms with Crippen LogP contribution < -0.4 is 11.2 Å². The van der Waals surface area contributed by atoms with Crippen molar-refractivity contribution in [2.24, 2.45) is 5.41 Å². The van der Waals surface area contributed by atoms with E-state index < -0.39 is 22.8 Å². The standard InChI is InChI=1S/C11H14N2O4/c1-2-11(3-4-11)6-13-5-7(9(15)16)8(14)12-10(13)17/h5H,2-4,6H2,1H3,(H,15,16)(H,12,14,17). The first-order chi connectivity index (χ1) is 7.97. The fraction of sp³-hybridized carbons (Fsp3) is 0.545. The number of aromatic amines is 1. The first kappa shape index (κ1) is 11.6. The van der Waals surface area contributed by atoms with Crippen LogP contribution in [-0.4, -0.2) is 20.6 Å². The van der Waals surface area contributed by atoms with Crippen molar-refractivity contribution in [3.05, 3.63) is 32.6 Å². The monoisotopic (exact) mass is 238 g/mol. The zero-order valence-electron chi connectivity index (χ0n) is 9.52. The number of carboxylic acid groups (broad SMARTS) is 1. The number of aromatic nitrogens is 2. The molecule has 1 aromatic heterocycles. The molecule has 0 saturated heterocycles. The summed E-state index contributed by atoms with van der Waals surface area (Å²) in [6.07, 6.45) is 4.16. The van der Waals surface area contributed by atoms with Crippen molar-refractivity contribution in [3.8, 4) is 0 Å². The van der Waals surface area contributed by atoms with Crippen LogP contribution in [-0.2, 0) is 6.54 Å². The van der Waals surface area contributed by atoms with Gasteiger partial charge in [0, 0.05) is 12.7 Å². The van der Waals surface area contributed by atoms with Gasteiger partial charge in [-0.3, -0.25) is 14.3 Å². The highest BCUT2D eigenvalue weighted by atomic mass is 16.4. The van der Waals surface area contributed by atoms with Crippen LogP contribution in [0.2, 0.25) is 0 Å². The second-order valence-electron chi connectivity index (χ2n) is 4.59. The number of hydrogen-bond acceptors (Lipinski definition) is 3. The highest BCUT2D eigenvalue weighted by Gasteiger charge is 2.41. The van der Waals surface area contributed by atoms with E-state index in [0.29, 0.717) is 6.54 Å². The minimum Gasteiger partial charge on any atom is -0.477 e. The lowest BCUT2D eigenvalue weighted by molar-refractivity contribution is 0.0693. The number of carboxylic acids is 1. The number of hydrogen-bond donors (Lipinski definition) is 2. The van der Waals surface area contributed by atoms with E-state index in [2.05, 4.69) is 0 Å². The van der Waals surface area contributed by atoms with Crippen LogP contribution in [0.3, 0.4) is 0 Å². The molecule has 0 amide bonds. The second-order valence-corrected chi connectivity index (χ2v) is 4.59. The highest BCUT2D eigenvalue weighted by molar-refractivity contribution is 5.86. The molecule has 0 aromatic carbocycles. The van der Waals surface area contributed by atoms with Gasteiger partial charge in [-0.1, -0.05) is 6.92 Å². The molecule has 1 aromatic rings. The van der Waals surface area contributed by atoms with Gasteiger partial charge in [-0.2, -0.15) is 0 Å². The molecule has 6 nitrogen and oxygen atoms in total. The minimum atomic E-state index is -1.32. The quantitative estimate of drug-likeness (QED) is 0.795. The van der Waals surface area contributed by atoms with Crippen molar-refractivity contribution >= 4 is 5.97 Å². The highest BCUT2D eigenvalue weighted by Crippen LogP contribution is 2.49. The zero-order valence-corrected chi connectivity index (χ0v) is 9.52. The Labute approximate surface area is 96.9 Å². The topological polar surface area (TPSA) is 92.2 Å². The Morgan fingerprint density at radius 3 is 2.65 bits per heavy atom. The predicted octanol–water partition coefficient (Wildman–Crippen LogP) is 0.425. The molecule has 1 heterocycles. The van der Waals surface area contributed by atoms with E-state index in [1.54, 1.807) is 0 Å². The molecule has 0 aliphatic heterocycles. The van der Waals surface area contributed by atoms with Gasteiger partial charge in [0.05, 0.1) is 0 Å². The van der Waals surface area contributed by atoms with Crippen LogP contribution in [0, 0.1) is 5.41 Å². The number of H-pyrrole nitrogens is 1. The second kappa shape index (κ2) is 3.87. The molecule has 92 valence electrons. The largest absolute Gasteiger partial charge is 0.477 e. The van der Waals surface area contributed by atoms with Gasteiger partial charge >= 0.3 is 11.7 Å². The smallest absolute Gasteiger partial charge is 0.342 e. The van der Waals surface area contributed by atoms with Crippen LogP contribution in [0.15, 0.2) is 15.8 Å². The Morgan fingerprint density at radius 1 is 1.53 bits per heavy atom. The zero-order chi connectivity index (χ0) is 12.6. The molecule has 0 unspecified atom stereocenters. The lowest BCUT2D eigenvalue weighted by atomic mass is 10.0. The van der Waals surface area contributed by atoms with Crippen molar-refractivity contribution in [2.75, 3.05) is 0 Å². The fourth-order valence-electron chi connectivity index (χ4n) is 1.94. The molecule has 1 aliphatic rings. The van der Waals surface area contributed by atoms with E-state index in [1.807, 2.05) is 11.9 Å². The number of aromatic carboxylic acids is 1. The SMILES string of the molecule is CCC1(Cn2cc(C(=O)O)c(=O)[nH]c2=O)CC1. The molecule has 2 rings (SSSR count). The average Bonchev–Trinajstić information content (AvgIpc) is 3.02. The molecule has 1 aliphatic carbocycles. The van der Waals surface area contributed by atoms with E-state index in [9.17, 15) is 14.4 Å². The lowest BCUT2D eigenvalue weighted by Gasteiger charge is -2.14. The van der Waals surface area contributed by atoms with Gasteiger partial charge in [-0.15, -0.1) is 0 Å². The van der Waals surface area contributed by atoms with E-state index in [-0.39, 0.29) is 5.41 Å². The lowest BCUT2D eigenvalue weighted by Crippen LogP contribution is -2.35. The molecule has 0 radical (unpaired) electrons. The van der Waals surface area contributed by atoms with Crippen LogP contribution >= 0.6 is 0 Å². The maximum absolute atomic E-state index is 11.6. The first-order valence-corrected chi connectivity index (χ1v) is 5.54. The van der Waals surface area contributed by atoms with Gasteiger partial charge in [0.2, 0.25) is 0 Å². The summed E-state index contributed by atoms with van der Waals surface area (Å²) in [4.78, 5) is 35.6. The molecule has 17 heavy (non-hydrogen) atoms. The van der Waals surface area contributed by atoms with Crippen LogP contribution in [0.4, 0.5) is 0 Å². The fourth-order valence-corrected chi connectivity index (χ4v) is 1.94. The Bertz CT molecular complexity index is 566. The van der Waals surface area contributed by atoms with Crippen molar-refractivity contribution in [3.63, 3.8) is 0 Å². The third-order valence-electron chi connectivity index (χ3n) is 3.45. The van der Waals surface area contributed by atoms with Gasteiger partial charge in [-0.25, -0.2) is 9.59 Å². The summed E-state index contributed by atoms with van der Waals surface area (Å²) >= 11 is 0. The number of rotatable bonds is 4. The van der Waals surface area contributed by atoms with E-state index >= 15 is 0 Å². The third-order valence-corrected chi connectivity index (χ3v) is 3.45. The van der Waals surface area contributed by atoms with Crippen LogP contribution in [0.5, 0.6) is 0 Å². The molecule has 0 atom stereocenters. The summed E-state index contributed by atoms with van der Waals surface area (Å²) < 4.78 is 1.29. The van der Waals surface area contributed by atoms with Gasteiger partial charge in [-0.05, 0) is 24.7 Å². The minimum absolute atomic E-state index is 0.109. The predicted molar refractivity (Wildman–Crippen MR) is 60.2 cm³/mol. The van der Waals surface area contributed by atoms with Crippen molar-refractivity contribution in [1.82, 2.24) is 9.55 Å². The van der Waals surface area contributed by atoms with E-state index in [1.165, 1.54) is 4.57 Å². The van der Waals surface area contributed by atoms with Gasteiger partial charge in [0.15, 0.2) is 0 Å². The first-order valence-electron chi connectivity index (χ1n) is 5.54. The number of nitrogens with zero attached hydrogens (tertiary/aromatic N) is 1. The summed E-state index contributed by atoms with van der Waals surface area (Å²) in [6, 6.07) is 0. The number of nitrogens with one attached hydrogen (secondary N) is 1. The molecule has 2 N–H and O–H groups in total. The Morgan fingerprint density at radius 2 is 2.18 bits per heavy atom. The maximum atomic E-state index is 11.6. The van der Waals surface area contributed by atoms with Crippen molar-refractivity contribution in [1.29, 1.82) is 0 Å². The van der Waals surface area contributed by atoms with Gasteiger partial charge in [0.1, 0.15) is 5.56 Å². The molecular formula is C11H14N2O4. The normalized spacial score (nSPS) is 16.8. The summed E-state index contributed by atoms with van der Waals surface area (Å²) in [7, 11) is 0. The average molecular weight is 238 g/mol. The Kier molecular flexibility index (Phi) is 2.65. The van der Waals surface area contributed by atoms with Crippen molar-refractivity contribution in [2.45, 2.75) is 32.7 Å². The molecule has 6 heteroatoms. The van der Waals surface area contributed by atoms with E-state index in [0.717, 1.165) is 25.5 Å². The number of carbonyl (C=O) groups is 1. The summed E-state index contributed by atoms with van der Waals surface area (Å²) in [5.41, 5.74) is -1.67. The molecule has 1 saturated carbocycles. The van der Waals surface area contributed by atoms with Gasteiger partial charge in [0.25, 0.3) is 5.56 Å². The molecule has 0 bridgehead atoms. The van der Waals surface area contributed by atoms with Crippen LogP contribution in [0.1, 0.15) is 36.5 Å². The molecule has 0 spiro atoms.